The summed E-state index contributed by atoms with van der Waals surface area (Å²) in [5.74, 6) is 1.44. The molecule has 1 atom stereocenters. The smallest absolute Gasteiger partial charge is 0.258 e. The lowest BCUT2D eigenvalue weighted by molar-refractivity contribution is 0.0730. The zero-order valence-corrected chi connectivity index (χ0v) is 18.3. The van der Waals surface area contributed by atoms with Gasteiger partial charge in [0.25, 0.3) is 5.91 Å². The summed E-state index contributed by atoms with van der Waals surface area (Å²) < 4.78 is 0. The van der Waals surface area contributed by atoms with Gasteiger partial charge in [-0.2, -0.15) is 0 Å². The molecule has 7 heteroatoms. The third kappa shape index (κ3) is 3.70. The minimum Gasteiger partial charge on any atom is -0.340 e. The van der Waals surface area contributed by atoms with Crippen LogP contribution in [0.2, 0.25) is 0 Å². The van der Waals surface area contributed by atoms with Crippen LogP contribution in [0.1, 0.15) is 40.9 Å². The lowest BCUT2D eigenvalue weighted by atomic mass is 10.1. The van der Waals surface area contributed by atoms with E-state index in [0.717, 1.165) is 35.3 Å². The molecule has 0 spiro atoms. The van der Waals surface area contributed by atoms with Gasteiger partial charge in [-0.25, -0.2) is 15.0 Å². The van der Waals surface area contributed by atoms with Crippen LogP contribution in [0.3, 0.4) is 0 Å². The van der Waals surface area contributed by atoms with Gasteiger partial charge in [0.05, 0.1) is 28.3 Å². The maximum atomic E-state index is 13.7. The predicted octanol–water partition coefficient (Wildman–Crippen LogP) is 5.03. The summed E-state index contributed by atoms with van der Waals surface area (Å²) in [6.07, 6.45) is 5.54. The standard InChI is InChI=1S/C24H23N5OS/c1-15-25-14-18(22(26-15)16-7-4-3-5-8-16)24(30)29-12-6-9-21(29)23-27-19-11-10-17(31-2)13-20(19)28-23/h3-5,7-8,10-11,13-14,21H,6,9,12H2,1-2H3,(H,27,28). The minimum absolute atomic E-state index is 0.0494. The molecule has 2 aromatic heterocycles. The van der Waals surface area contributed by atoms with Crippen LogP contribution in [0.15, 0.2) is 59.6 Å². The Bertz CT molecular complexity index is 1250. The van der Waals surface area contributed by atoms with Crippen molar-refractivity contribution in [1.29, 1.82) is 0 Å². The Labute approximate surface area is 185 Å². The molecule has 4 aromatic rings. The highest BCUT2D eigenvalue weighted by molar-refractivity contribution is 7.98. The number of hydrogen-bond donors (Lipinski definition) is 1. The molecule has 1 aliphatic heterocycles. The molecule has 0 saturated carbocycles. The van der Waals surface area contributed by atoms with E-state index in [9.17, 15) is 4.79 Å². The minimum atomic E-state index is -0.0810. The van der Waals surface area contributed by atoms with Crippen LogP contribution in [0.4, 0.5) is 0 Å². The highest BCUT2D eigenvalue weighted by Gasteiger charge is 2.34. The number of carbonyl (C=O) groups is 1. The molecule has 1 aliphatic rings. The molecule has 0 radical (unpaired) electrons. The van der Waals surface area contributed by atoms with Crippen molar-refractivity contribution >= 4 is 28.7 Å². The fraction of sp³-hybridized carbons (Fsp3) is 0.250. The first kappa shape index (κ1) is 19.8. The monoisotopic (exact) mass is 429 g/mol. The summed E-state index contributed by atoms with van der Waals surface area (Å²) in [6, 6.07) is 16.0. The molecule has 1 fully saturated rings. The van der Waals surface area contributed by atoms with E-state index >= 15 is 0 Å². The van der Waals surface area contributed by atoms with Gasteiger partial charge in [-0.15, -0.1) is 11.8 Å². The number of benzene rings is 2. The average Bonchev–Trinajstić information content (AvgIpc) is 3.45. The molecule has 1 N–H and O–H groups in total. The molecular formula is C24H23N5OS. The normalized spacial score (nSPS) is 16.2. The molecule has 0 bridgehead atoms. The van der Waals surface area contributed by atoms with Crippen molar-refractivity contribution in [1.82, 2.24) is 24.8 Å². The van der Waals surface area contributed by atoms with Crippen LogP contribution in [0.25, 0.3) is 22.3 Å². The second-order valence-corrected chi connectivity index (χ2v) is 8.59. The molecule has 1 saturated heterocycles. The number of likely N-dealkylation sites (tertiary alicyclic amines) is 1. The zero-order chi connectivity index (χ0) is 21.4. The third-order valence-corrected chi connectivity index (χ3v) is 6.45. The number of imidazole rings is 1. The number of amides is 1. The van der Waals surface area contributed by atoms with E-state index in [1.807, 2.05) is 48.2 Å². The van der Waals surface area contributed by atoms with E-state index < -0.39 is 0 Å². The van der Waals surface area contributed by atoms with Gasteiger partial charge in [0.1, 0.15) is 11.6 Å². The molecular weight excluding hydrogens is 406 g/mol. The van der Waals surface area contributed by atoms with Crippen molar-refractivity contribution in [2.45, 2.75) is 30.7 Å². The van der Waals surface area contributed by atoms with Crippen LogP contribution < -0.4 is 0 Å². The highest BCUT2D eigenvalue weighted by Crippen LogP contribution is 2.34. The summed E-state index contributed by atoms with van der Waals surface area (Å²) in [7, 11) is 0. The Balaban J connectivity index is 1.51. The maximum Gasteiger partial charge on any atom is 0.258 e. The van der Waals surface area contributed by atoms with Gasteiger partial charge in [0.2, 0.25) is 0 Å². The Morgan fingerprint density at radius 1 is 1.16 bits per heavy atom. The third-order valence-electron chi connectivity index (χ3n) is 5.72. The van der Waals surface area contributed by atoms with Gasteiger partial charge >= 0.3 is 0 Å². The summed E-state index contributed by atoms with van der Waals surface area (Å²) in [5, 5.41) is 0. The maximum absolute atomic E-state index is 13.7. The van der Waals surface area contributed by atoms with Crippen LogP contribution in [-0.4, -0.2) is 43.5 Å². The van der Waals surface area contributed by atoms with Crippen molar-refractivity contribution in [3.63, 3.8) is 0 Å². The highest BCUT2D eigenvalue weighted by atomic mass is 32.2. The Kier molecular flexibility index (Phi) is 5.19. The van der Waals surface area contributed by atoms with Crippen molar-refractivity contribution in [2.75, 3.05) is 12.8 Å². The van der Waals surface area contributed by atoms with Crippen molar-refractivity contribution < 1.29 is 4.79 Å². The van der Waals surface area contributed by atoms with Gasteiger partial charge in [0.15, 0.2) is 0 Å². The molecule has 1 amide bonds. The molecule has 1 unspecified atom stereocenters. The van der Waals surface area contributed by atoms with Gasteiger partial charge in [-0.1, -0.05) is 30.3 Å². The fourth-order valence-electron chi connectivity index (χ4n) is 4.18. The summed E-state index contributed by atoms with van der Waals surface area (Å²) in [5.41, 5.74) is 4.06. The number of H-pyrrole nitrogens is 1. The Hall–Kier alpha value is -3.19. The number of nitrogens with zero attached hydrogens (tertiary/aromatic N) is 4. The van der Waals surface area contributed by atoms with Crippen LogP contribution in [-0.2, 0) is 0 Å². The first-order valence-electron chi connectivity index (χ1n) is 10.4. The lowest BCUT2D eigenvalue weighted by Gasteiger charge is -2.24. The second-order valence-electron chi connectivity index (χ2n) is 7.71. The van der Waals surface area contributed by atoms with E-state index in [1.165, 1.54) is 4.90 Å². The molecule has 5 rings (SSSR count). The van der Waals surface area contributed by atoms with Gasteiger partial charge in [0, 0.05) is 23.2 Å². The van der Waals surface area contributed by atoms with Crippen LogP contribution in [0.5, 0.6) is 0 Å². The summed E-state index contributed by atoms with van der Waals surface area (Å²) in [6.45, 7) is 2.54. The Morgan fingerprint density at radius 3 is 2.81 bits per heavy atom. The average molecular weight is 430 g/mol. The Morgan fingerprint density at radius 2 is 2.00 bits per heavy atom. The largest absolute Gasteiger partial charge is 0.340 e. The topological polar surface area (TPSA) is 74.8 Å². The number of carbonyl (C=O) groups excluding carboxylic acids is 1. The van der Waals surface area contributed by atoms with Crippen molar-refractivity contribution in [3.05, 3.63) is 71.9 Å². The SMILES string of the molecule is CSc1ccc2nc(C3CCCN3C(=O)c3cnc(C)nc3-c3ccccc3)[nH]c2c1. The molecule has 2 aromatic carbocycles. The number of hydrogen-bond acceptors (Lipinski definition) is 5. The lowest BCUT2D eigenvalue weighted by Crippen LogP contribution is -2.31. The molecule has 6 nitrogen and oxygen atoms in total. The number of aromatic nitrogens is 4. The van der Waals surface area contributed by atoms with E-state index in [2.05, 4.69) is 33.3 Å². The molecule has 3 heterocycles. The molecule has 156 valence electrons. The van der Waals surface area contributed by atoms with Gasteiger partial charge in [-0.05, 0) is 44.2 Å². The predicted molar refractivity (Wildman–Crippen MR) is 123 cm³/mol. The van der Waals surface area contributed by atoms with Gasteiger partial charge in [-0.3, -0.25) is 4.79 Å². The zero-order valence-electron chi connectivity index (χ0n) is 17.5. The van der Waals surface area contributed by atoms with Crippen LogP contribution >= 0.6 is 11.8 Å². The first-order valence-corrected chi connectivity index (χ1v) is 11.6. The number of nitrogens with one attached hydrogen (secondary N) is 1. The first-order chi connectivity index (χ1) is 15.1. The molecule has 0 aliphatic carbocycles. The fourth-order valence-corrected chi connectivity index (χ4v) is 4.62. The number of aromatic amines is 1. The van der Waals surface area contributed by atoms with Crippen molar-refractivity contribution in [3.8, 4) is 11.3 Å². The molecule has 31 heavy (non-hydrogen) atoms. The van der Waals surface area contributed by atoms with Crippen molar-refractivity contribution in [2.24, 2.45) is 0 Å². The number of thioether (sulfide) groups is 1. The van der Waals surface area contributed by atoms with Crippen LogP contribution in [0, 0.1) is 6.92 Å². The summed E-state index contributed by atoms with van der Waals surface area (Å²) >= 11 is 1.70. The van der Waals surface area contributed by atoms with E-state index in [1.54, 1.807) is 18.0 Å². The number of aryl methyl sites for hydroxylation is 1. The van der Waals surface area contributed by atoms with Gasteiger partial charge < -0.3 is 9.88 Å². The van der Waals surface area contributed by atoms with E-state index in [4.69, 9.17) is 4.98 Å². The van der Waals surface area contributed by atoms with E-state index in [0.29, 0.717) is 23.6 Å². The quantitative estimate of drug-likeness (QED) is 0.461. The summed E-state index contributed by atoms with van der Waals surface area (Å²) in [4.78, 5) is 33.9. The van der Waals surface area contributed by atoms with E-state index in [-0.39, 0.29) is 11.9 Å². The number of rotatable bonds is 4. The number of fused-ring (bicyclic) bond motifs is 1. The second kappa shape index (κ2) is 8.15.